The number of benzene rings is 4. The number of hydrogen-bond donors (Lipinski definition) is 0. The van der Waals surface area contributed by atoms with E-state index in [-0.39, 0.29) is 30.6 Å². The minimum absolute atomic E-state index is 0.166. The van der Waals surface area contributed by atoms with Gasteiger partial charge in [-0.15, -0.1) is 0 Å². The second-order valence-corrected chi connectivity index (χ2v) is 11.0. The molecule has 8 nitrogen and oxygen atoms in total. The molecular weight excluding hydrogens is 573 g/mol. The average molecular weight is 604 g/mol. The van der Waals surface area contributed by atoms with Crippen molar-refractivity contribution in [2.45, 2.75) is 19.2 Å². The number of hydrogen-bond acceptors (Lipinski definition) is 6. The van der Waals surface area contributed by atoms with Crippen LogP contribution in [0.4, 0.5) is 9.18 Å². The van der Waals surface area contributed by atoms with Gasteiger partial charge in [0.2, 0.25) is 0 Å². The van der Waals surface area contributed by atoms with E-state index in [0.29, 0.717) is 54.1 Å². The summed E-state index contributed by atoms with van der Waals surface area (Å²) in [6, 6.07) is 29.2. The molecule has 0 bridgehead atoms. The number of fused-ring (bicyclic) bond motifs is 2. The largest absolute Gasteiger partial charge is 0.478 e. The molecule has 2 amide bonds. The Hall–Kier alpha value is -5.28. The van der Waals surface area contributed by atoms with Crippen LogP contribution in [0.15, 0.2) is 103 Å². The van der Waals surface area contributed by atoms with Gasteiger partial charge in [-0.05, 0) is 41.0 Å². The third-order valence-electron chi connectivity index (χ3n) is 8.11. The van der Waals surface area contributed by atoms with Crippen LogP contribution in [0.2, 0.25) is 0 Å². The fourth-order valence-electron chi connectivity index (χ4n) is 5.87. The van der Waals surface area contributed by atoms with Crippen LogP contribution in [0, 0.1) is 5.82 Å². The second-order valence-electron chi connectivity index (χ2n) is 11.0. The lowest BCUT2D eigenvalue weighted by Gasteiger charge is -2.27. The Morgan fingerprint density at radius 1 is 0.867 bits per heavy atom. The normalized spacial score (nSPS) is 14.6. The molecule has 0 saturated carbocycles. The number of morpholine rings is 1. The Kier molecular flexibility index (Phi) is 7.83. The molecule has 0 N–H and O–H groups in total. The third-order valence-corrected chi connectivity index (χ3v) is 8.11. The van der Waals surface area contributed by atoms with E-state index in [9.17, 15) is 14.0 Å². The van der Waals surface area contributed by atoms with E-state index < -0.39 is 12.2 Å². The smallest absolute Gasteiger partial charge is 0.415 e. The molecule has 9 heteroatoms. The number of aromatic nitrogens is 1. The first kappa shape index (κ1) is 28.5. The summed E-state index contributed by atoms with van der Waals surface area (Å²) in [5.41, 5.74) is 3.82. The van der Waals surface area contributed by atoms with Gasteiger partial charge in [-0.25, -0.2) is 9.18 Å². The van der Waals surface area contributed by atoms with Crippen LogP contribution in [0.3, 0.4) is 0 Å². The summed E-state index contributed by atoms with van der Waals surface area (Å²) in [5, 5.41) is 0.559. The summed E-state index contributed by atoms with van der Waals surface area (Å²) >= 11 is 0. The molecule has 0 atom stereocenters. The van der Waals surface area contributed by atoms with Crippen molar-refractivity contribution in [1.82, 2.24) is 14.8 Å². The molecule has 3 heterocycles. The third kappa shape index (κ3) is 5.70. The maximum absolute atomic E-state index is 14.3. The fourth-order valence-corrected chi connectivity index (χ4v) is 5.87. The Balaban J connectivity index is 1.37. The van der Waals surface area contributed by atoms with E-state index in [0.717, 1.165) is 16.7 Å². The maximum Gasteiger partial charge on any atom is 0.415 e. The minimum Gasteiger partial charge on any atom is -0.478 e. The van der Waals surface area contributed by atoms with Crippen molar-refractivity contribution in [1.29, 1.82) is 0 Å². The summed E-state index contributed by atoms with van der Waals surface area (Å²) in [6.45, 7) is 2.06. The first-order chi connectivity index (χ1) is 22.1. The van der Waals surface area contributed by atoms with Crippen molar-refractivity contribution in [2.24, 2.45) is 0 Å². The molecule has 0 radical (unpaired) electrons. The first-order valence-electron chi connectivity index (χ1n) is 14.8. The van der Waals surface area contributed by atoms with Crippen molar-refractivity contribution in [2.75, 3.05) is 26.3 Å². The molecule has 2 aliphatic heterocycles. The number of carbonyl (C=O) groups excluding carboxylic acids is 2. The first-order valence-corrected chi connectivity index (χ1v) is 14.8. The van der Waals surface area contributed by atoms with Crippen LogP contribution in [-0.2, 0) is 17.8 Å². The van der Waals surface area contributed by atoms with E-state index in [1.54, 1.807) is 34.2 Å². The standard InChI is InChI=1S/C36H30FN3O5/c37-27-15-13-24(14-16-27)22-40-23-29-30(35(40)41)34(44-32(25-8-3-1-4-9-25)26-10-5-2-6-11-26)31-28(12-7-17-38-31)33(29)45-36(42)39-18-20-43-21-19-39/h1-17,32H,18-23H2. The highest BCUT2D eigenvalue weighted by Crippen LogP contribution is 2.46. The predicted octanol–water partition coefficient (Wildman–Crippen LogP) is 6.53. The zero-order valence-electron chi connectivity index (χ0n) is 24.4. The van der Waals surface area contributed by atoms with Gasteiger partial charge in [-0.1, -0.05) is 72.8 Å². The van der Waals surface area contributed by atoms with Crippen LogP contribution < -0.4 is 9.47 Å². The van der Waals surface area contributed by atoms with Gasteiger partial charge < -0.3 is 24.0 Å². The van der Waals surface area contributed by atoms with Gasteiger partial charge in [0.25, 0.3) is 5.91 Å². The lowest BCUT2D eigenvalue weighted by Crippen LogP contribution is -2.42. The zero-order chi connectivity index (χ0) is 30.8. The van der Waals surface area contributed by atoms with Gasteiger partial charge in [0, 0.05) is 36.8 Å². The minimum atomic E-state index is -0.553. The maximum atomic E-state index is 14.3. The van der Waals surface area contributed by atoms with E-state index in [2.05, 4.69) is 4.98 Å². The molecule has 0 aliphatic carbocycles. The van der Waals surface area contributed by atoms with E-state index in [1.807, 2.05) is 66.7 Å². The number of rotatable bonds is 7. The van der Waals surface area contributed by atoms with E-state index in [1.165, 1.54) is 12.1 Å². The summed E-state index contributed by atoms with van der Waals surface area (Å²) < 4.78 is 32.1. The van der Waals surface area contributed by atoms with Crippen LogP contribution in [0.1, 0.15) is 38.7 Å². The molecule has 2 aliphatic rings. The fraction of sp³-hybridized carbons (Fsp3) is 0.194. The van der Waals surface area contributed by atoms with Crippen LogP contribution in [-0.4, -0.2) is 53.1 Å². The van der Waals surface area contributed by atoms with Crippen molar-refractivity contribution >= 4 is 22.9 Å². The van der Waals surface area contributed by atoms with Crippen molar-refractivity contribution in [3.05, 3.63) is 137 Å². The molecule has 7 rings (SSSR count). The van der Waals surface area contributed by atoms with Crippen molar-refractivity contribution in [3.63, 3.8) is 0 Å². The molecule has 4 aromatic carbocycles. The number of pyridine rings is 1. The Morgan fingerprint density at radius 3 is 2.20 bits per heavy atom. The summed E-state index contributed by atoms with van der Waals surface area (Å²) in [4.78, 5) is 35.6. The van der Waals surface area contributed by atoms with Crippen LogP contribution in [0.25, 0.3) is 10.9 Å². The molecule has 1 saturated heterocycles. The molecule has 0 unspecified atom stereocenters. The average Bonchev–Trinajstić information content (AvgIpc) is 3.41. The lowest BCUT2D eigenvalue weighted by atomic mass is 9.99. The van der Waals surface area contributed by atoms with E-state index in [4.69, 9.17) is 14.2 Å². The Labute approximate surface area is 259 Å². The molecule has 1 fully saturated rings. The van der Waals surface area contributed by atoms with Gasteiger partial charge in [0.05, 0.1) is 25.3 Å². The Morgan fingerprint density at radius 2 is 1.53 bits per heavy atom. The predicted molar refractivity (Wildman–Crippen MR) is 165 cm³/mol. The molecule has 226 valence electrons. The summed E-state index contributed by atoms with van der Waals surface area (Å²) in [7, 11) is 0. The van der Waals surface area contributed by atoms with Crippen LogP contribution >= 0.6 is 0 Å². The highest BCUT2D eigenvalue weighted by Gasteiger charge is 2.38. The number of halogens is 1. The monoisotopic (exact) mass is 603 g/mol. The quantitative estimate of drug-likeness (QED) is 0.211. The number of nitrogens with zero attached hydrogens (tertiary/aromatic N) is 3. The SMILES string of the molecule is O=C(Oc1c2c(c(OC(c3ccccc3)c3ccccc3)c3ncccc13)C(=O)N(Cc1ccc(F)cc1)C2)N1CCOCC1. The van der Waals surface area contributed by atoms with Crippen molar-refractivity contribution in [3.8, 4) is 11.5 Å². The zero-order valence-corrected chi connectivity index (χ0v) is 24.4. The topological polar surface area (TPSA) is 81.2 Å². The molecule has 1 aromatic heterocycles. The van der Waals surface area contributed by atoms with Gasteiger partial charge in [0.1, 0.15) is 23.2 Å². The summed E-state index contributed by atoms with van der Waals surface area (Å²) in [6.07, 6.45) is 0.558. The van der Waals surface area contributed by atoms with Gasteiger partial charge >= 0.3 is 6.09 Å². The highest BCUT2D eigenvalue weighted by molar-refractivity contribution is 6.09. The Bertz CT molecular complexity index is 1810. The van der Waals surface area contributed by atoms with E-state index >= 15 is 0 Å². The second kappa shape index (κ2) is 12.4. The molecular formula is C36H30FN3O5. The number of amides is 2. The van der Waals surface area contributed by atoms with Gasteiger partial charge in [0.15, 0.2) is 5.75 Å². The molecule has 0 spiro atoms. The van der Waals surface area contributed by atoms with Gasteiger partial charge in [-0.2, -0.15) is 0 Å². The lowest BCUT2D eigenvalue weighted by molar-refractivity contribution is 0.0416. The highest BCUT2D eigenvalue weighted by atomic mass is 19.1. The van der Waals surface area contributed by atoms with Crippen LogP contribution in [0.5, 0.6) is 11.5 Å². The van der Waals surface area contributed by atoms with Crippen molar-refractivity contribution < 1.29 is 28.2 Å². The molecule has 5 aromatic rings. The number of ether oxygens (including phenoxy) is 3. The summed E-state index contributed by atoms with van der Waals surface area (Å²) in [5.74, 6) is -0.0488. The van der Waals surface area contributed by atoms with Gasteiger partial charge in [-0.3, -0.25) is 9.78 Å². The molecule has 45 heavy (non-hydrogen) atoms. The number of carbonyl (C=O) groups is 2.